The molecule has 0 radical (unpaired) electrons. The maximum absolute atomic E-state index is 12.9. The van der Waals surface area contributed by atoms with E-state index in [0.717, 1.165) is 0 Å². The Morgan fingerprint density at radius 3 is 2.88 bits per heavy atom. The van der Waals surface area contributed by atoms with Gasteiger partial charge >= 0.3 is 5.97 Å². The minimum absolute atomic E-state index is 0.00948. The first-order chi connectivity index (χ1) is 11.4. The van der Waals surface area contributed by atoms with Crippen LogP contribution in [0.3, 0.4) is 0 Å². The molecule has 2 aromatic rings. The SMILES string of the molecule is CCOC(=O)CNc1cccc2c1C(=O)c1sccc1CS2(=O)=O. The topological polar surface area (TPSA) is 89.5 Å². The molecule has 1 aliphatic rings. The number of rotatable bonds is 4. The van der Waals surface area contributed by atoms with E-state index in [1.807, 2.05) is 0 Å². The summed E-state index contributed by atoms with van der Waals surface area (Å²) in [6.07, 6.45) is 0. The van der Waals surface area contributed by atoms with Crippen molar-refractivity contribution in [2.24, 2.45) is 0 Å². The summed E-state index contributed by atoms with van der Waals surface area (Å²) in [6.45, 7) is 1.80. The molecule has 126 valence electrons. The zero-order valence-electron chi connectivity index (χ0n) is 12.9. The van der Waals surface area contributed by atoms with E-state index in [1.54, 1.807) is 30.5 Å². The highest BCUT2D eigenvalue weighted by molar-refractivity contribution is 7.90. The lowest BCUT2D eigenvalue weighted by Crippen LogP contribution is -2.19. The van der Waals surface area contributed by atoms with Crippen LogP contribution in [-0.2, 0) is 25.1 Å². The predicted molar refractivity (Wildman–Crippen MR) is 90.2 cm³/mol. The predicted octanol–water partition coefficient (Wildman–Crippen LogP) is 2.24. The highest BCUT2D eigenvalue weighted by Crippen LogP contribution is 2.35. The van der Waals surface area contributed by atoms with Crippen LogP contribution in [0.15, 0.2) is 34.5 Å². The molecule has 1 aliphatic heterocycles. The van der Waals surface area contributed by atoms with Gasteiger partial charge < -0.3 is 10.1 Å². The molecule has 0 saturated heterocycles. The van der Waals surface area contributed by atoms with E-state index in [1.165, 1.54) is 17.4 Å². The monoisotopic (exact) mass is 365 g/mol. The van der Waals surface area contributed by atoms with Gasteiger partial charge in [0, 0.05) is 5.69 Å². The number of nitrogens with one attached hydrogen (secondary N) is 1. The number of sulfone groups is 1. The number of thiophene rings is 1. The second-order valence-corrected chi connectivity index (χ2v) is 8.07. The molecule has 0 saturated carbocycles. The molecule has 8 heteroatoms. The minimum Gasteiger partial charge on any atom is -0.465 e. The highest BCUT2D eigenvalue weighted by Gasteiger charge is 2.33. The number of carbonyl (C=O) groups is 2. The number of ketones is 1. The van der Waals surface area contributed by atoms with E-state index in [-0.39, 0.29) is 35.1 Å². The van der Waals surface area contributed by atoms with Gasteiger partial charge in [-0.15, -0.1) is 11.3 Å². The fourth-order valence-electron chi connectivity index (χ4n) is 2.60. The van der Waals surface area contributed by atoms with Crippen molar-refractivity contribution in [2.75, 3.05) is 18.5 Å². The molecule has 0 amide bonds. The quantitative estimate of drug-likeness (QED) is 0.836. The van der Waals surface area contributed by atoms with Gasteiger partial charge in [0.05, 0.1) is 27.7 Å². The molecule has 0 spiro atoms. The van der Waals surface area contributed by atoms with Gasteiger partial charge in [-0.3, -0.25) is 9.59 Å². The Bertz CT molecular complexity index is 914. The molecular weight excluding hydrogens is 350 g/mol. The number of anilines is 1. The molecule has 1 aromatic heterocycles. The molecule has 0 bridgehead atoms. The highest BCUT2D eigenvalue weighted by atomic mass is 32.2. The van der Waals surface area contributed by atoms with Gasteiger partial charge in [-0.1, -0.05) is 6.07 Å². The lowest BCUT2D eigenvalue weighted by molar-refractivity contribution is -0.140. The van der Waals surface area contributed by atoms with Crippen molar-refractivity contribution in [1.29, 1.82) is 0 Å². The van der Waals surface area contributed by atoms with Crippen LogP contribution in [0.1, 0.15) is 27.7 Å². The normalized spacial score (nSPS) is 15.1. The zero-order chi connectivity index (χ0) is 17.3. The number of carbonyl (C=O) groups excluding carboxylic acids is 2. The first kappa shape index (κ1) is 16.7. The number of hydrogen-bond donors (Lipinski definition) is 1. The van der Waals surface area contributed by atoms with Gasteiger partial charge in [-0.05, 0) is 36.1 Å². The fraction of sp³-hybridized carbons (Fsp3) is 0.250. The van der Waals surface area contributed by atoms with Crippen LogP contribution in [0, 0.1) is 0 Å². The number of fused-ring (bicyclic) bond motifs is 2. The largest absolute Gasteiger partial charge is 0.465 e. The Labute approximate surface area is 143 Å². The summed E-state index contributed by atoms with van der Waals surface area (Å²) in [5.74, 6) is -1.02. The fourth-order valence-corrected chi connectivity index (χ4v) is 5.16. The summed E-state index contributed by atoms with van der Waals surface area (Å²) in [5, 5.41) is 4.53. The number of benzene rings is 1. The van der Waals surface area contributed by atoms with E-state index < -0.39 is 15.8 Å². The van der Waals surface area contributed by atoms with Crippen molar-refractivity contribution >= 4 is 38.6 Å². The standard InChI is InChI=1S/C16H15NO5S2/c1-2-22-13(18)8-17-11-4-3-5-12-14(11)15(19)16-10(6-7-23-16)9-24(12,20)21/h3-7,17H,2,8-9H2,1H3. The van der Waals surface area contributed by atoms with E-state index >= 15 is 0 Å². The van der Waals surface area contributed by atoms with Crippen LogP contribution >= 0.6 is 11.3 Å². The molecule has 6 nitrogen and oxygen atoms in total. The van der Waals surface area contributed by atoms with Crippen molar-refractivity contribution in [3.8, 4) is 0 Å². The molecule has 1 N–H and O–H groups in total. The summed E-state index contributed by atoms with van der Waals surface area (Å²) in [5.41, 5.74) is 0.913. The van der Waals surface area contributed by atoms with Crippen LogP contribution in [0.4, 0.5) is 5.69 Å². The van der Waals surface area contributed by atoms with Gasteiger partial charge in [0.2, 0.25) is 5.78 Å². The van der Waals surface area contributed by atoms with Crippen LogP contribution in [0.25, 0.3) is 0 Å². The van der Waals surface area contributed by atoms with Crippen LogP contribution in [-0.4, -0.2) is 33.3 Å². The summed E-state index contributed by atoms with van der Waals surface area (Å²) in [6, 6.07) is 6.22. The second-order valence-electron chi connectivity index (χ2n) is 5.20. The van der Waals surface area contributed by atoms with Crippen molar-refractivity contribution in [2.45, 2.75) is 17.6 Å². The van der Waals surface area contributed by atoms with Crippen LogP contribution in [0.2, 0.25) is 0 Å². The summed E-state index contributed by atoms with van der Waals surface area (Å²) < 4.78 is 30.1. The molecule has 0 aliphatic carbocycles. The average Bonchev–Trinajstić information content (AvgIpc) is 2.96. The lowest BCUT2D eigenvalue weighted by Gasteiger charge is -2.13. The third-order valence-electron chi connectivity index (χ3n) is 3.62. The first-order valence-electron chi connectivity index (χ1n) is 7.30. The molecule has 3 rings (SSSR count). The third-order valence-corrected chi connectivity index (χ3v) is 6.27. The van der Waals surface area contributed by atoms with Crippen LogP contribution in [0.5, 0.6) is 0 Å². The second kappa shape index (κ2) is 6.37. The van der Waals surface area contributed by atoms with E-state index in [4.69, 9.17) is 4.74 Å². The van der Waals surface area contributed by atoms with Gasteiger partial charge in [0.25, 0.3) is 0 Å². The minimum atomic E-state index is -3.64. The Morgan fingerprint density at radius 1 is 1.33 bits per heavy atom. The maximum atomic E-state index is 12.9. The van der Waals surface area contributed by atoms with E-state index in [2.05, 4.69) is 5.32 Å². The average molecular weight is 365 g/mol. The van der Waals surface area contributed by atoms with Crippen LogP contribution < -0.4 is 5.32 Å². The Kier molecular flexibility index (Phi) is 4.42. The number of esters is 1. The summed E-state index contributed by atoms with van der Waals surface area (Å²) >= 11 is 1.22. The zero-order valence-corrected chi connectivity index (χ0v) is 14.5. The van der Waals surface area contributed by atoms with E-state index in [9.17, 15) is 18.0 Å². The number of hydrogen-bond acceptors (Lipinski definition) is 7. The lowest BCUT2D eigenvalue weighted by atomic mass is 10.1. The number of ether oxygens (including phenoxy) is 1. The first-order valence-corrected chi connectivity index (χ1v) is 9.83. The molecular formula is C16H15NO5S2. The van der Waals surface area contributed by atoms with Crippen molar-refractivity contribution in [3.63, 3.8) is 0 Å². The molecule has 0 atom stereocenters. The van der Waals surface area contributed by atoms with Gasteiger partial charge in [0.15, 0.2) is 9.84 Å². The molecule has 2 heterocycles. The Balaban J connectivity index is 2.08. The van der Waals surface area contributed by atoms with E-state index in [0.29, 0.717) is 16.1 Å². The van der Waals surface area contributed by atoms with Gasteiger partial charge in [-0.2, -0.15) is 0 Å². The molecule has 24 heavy (non-hydrogen) atoms. The molecule has 1 aromatic carbocycles. The molecule has 0 unspecified atom stereocenters. The van der Waals surface area contributed by atoms with Crippen molar-refractivity contribution in [3.05, 3.63) is 45.6 Å². The van der Waals surface area contributed by atoms with Gasteiger partial charge in [0.1, 0.15) is 6.54 Å². The van der Waals surface area contributed by atoms with Crippen molar-refractivity contribution < 1.29 is 22.7 Å². The smallest absolute Gasteiger partial charge is 0.325 e. The van der Waals surface area contributed by atoms with Gasteiger partial charge in [-0.25, -0.2) is 8.42 Å². The maximum Gasteiger partial charge on any atom is 0.325 e. The molecule has 0 fully saturated rings. The third kappa shape index (κ3) is 2.94. The van der Waals surface area contributed by atoms with Crippen molar-refractivity contribution in [1.82, 2.24) is 0 Å². The Morgan fingerprint density at radius 2 is 2.12 bits per heavy atom. The summed E-state index contributed by atoms with van der Waals surface area (Å²) in [7, 11) is -3.64. The Hall–Kier alpha value is -2.19. The summed E-state index contributed by atoms with van der Waals surface area (Å²) in [4.78, 5) is 24.8.